The summed E-state index contributed by atoms with van der Waals surface area (Å²) in [5, 5.41) is 16.3. The van der Waals surface area contributed by atoms with Gasteiger partial charge in [-0.1, -0.05) is 18.2 Å². The maximum Gasteiger partial charge on any atom is 0.191 e. The van der Waals surface area contributed by atoms with Crippen molar-refractivity contribution in [3.05, 3.63) is 53.6 Å². The number of phenols is 1. The molecule has 2 aromatic rings. The van der Waals surface area contributed by atoms with Gasteiger partial charge in [-0.15, -0.1) is 0 Å². The maximum absolute atomic E-state index is 9.58. The molecule has 158 valence electrons. The van der Waals surface area contributed by atoms with E-state index in [2.05, 4.69) is 22.5 Å². The molecule has 0 aliphatic heterocycles. The van der Waals surface area contributed by atoms with Crippen molar-refractivity contribution < 1.29 is 14.6 Å². The van der Waals surface area contributed by atoms with Gasteiger partial charge in [-0.25, -0.2) is 0 Å². The summed E-state index contributed by atoms with van der Waals surface area (Å²) in [5.41, 5.74) is 2.15. The zero-order valence-electron chi connectivity index (χ0n) is 17.9. The fourth-order valence-electron chi connectivity index (χ4n) is 2.95. The van der Waals surface area contributed by atoms with Gasteiger partial charge in [-0.2, -0.15) is 0 Å². The molecular formula is C23H33N3O3. The number of ether oxygens (including phenoxy) is 2. The highest BCUT2D eigenvalue weighted by Gasteiger charge is 2.12. The lowest BCUT2D eigenvalue weighted by Crippen LogP contribution is -2.38. The Bertz CT molecular complexity index is 793. The number of nitrogens with zero attached hydrogens (tertiary/aromatic N) is 1. The fraction of sp³-hybridized carbons (Fsp3) is 0.435. The Labute approximate surface area is 174 Å². The van der Waals surface area contributed by atoms with E-state index in [9.17, 15) is 5.11 Å². The predicted octanol–water partition coefficient (Wildman–Crippen LogP) is 4.05. The Balaban J connectivity index is 2.05. The third-order valence-electron chi connectivity index (χ3n) is 4.35. The second-order valence-corrected chi connectivity index (χ2v) is 6.62. The van der Waals surface area contributed by atoms with Crippen LogP contribution in [0.3, 0.4) is 0 Å². The summed E-state index contributed by atoms with van der Waals surface area (Å²) in [6, 6.07) is 13.3. The first-order chi connectivity index (χ1) is 14.1. The van der Waals surface area contributed by atoms with Gasteiger partial charge in [0.1, 0.15) is 5.75 Å². The largest absolute Gasteiger partial charge is 0.508 e. The Morgan fingerprint density at radius 3 is 2.48 bits per heavy atom. The van der Waals surface area contributed by atoms with E-state index in [1.807, 2.05) is 51.1 Å². The Kier molecular flexibility index (Phi) is 9.15. The van der Waals surface area contributed by atoms with Crippen molar-refractivity contribution in [3.63, 3.8) is 0 Å². The van der Waals surface area contributed by atoms with Gasteiger partial charge in [0.25, 0.3) is 0 Å². The molecule has 2 rings (SSSR count). The Morgan fingerprint density at radius 2 is 1.79 bits per heavy atom. The molecule has 29 heavy (non-hydrogen) atoms. The van der Waals surface area contributed by atoms with Gasteiger partial charge in [-0.3, -0.25) is 4.99 Å². The van der Waals surface area contributed by atoms with Crippen molar-refractivity contribution in [2.24, 2.45) is 4.99 Å². The standard InChI is InChI=1S/C23H33N3O3/c1-5-24-23(25-14-13-18-9-8-10-20(27)15-18)26-17(4)19-11-12-21(28-6-2)22(16-19)29-7-3/h8-12,15-17,27H,5-7,13-14H2,1-4H3,(H2,24,25,26). The van der Waals surface area contributed by atoms with Crippen LogP contribution in [0.2, 0.25) is 0 Å². The van der Waals surface area contributed by atoms with Crippen molar-refractivity contribution >= 4 is 5.96 Å². The summed E-state index contributed by atoms with van der Waals surface area (Å²) in [7, 11) is 0. The second kappa shape index (κ2) is 11.8. The summed E-state index contributed by atoms with van der Waals surface area (Å²) < 4.78 is 11.4. The predicted molar refractivity (Wildman–Crippen MR) is 118 cm³/mol. The molecule has 0 spiro atoms. The molecule has 6 nitrogen and oxygen atoms in total. The third-order valence-corrected chi connectivity index (χ3v) is 4.35. The second-order valence-electron chi connectivity index (χ2n) is 6.62. The molecule has 0 amide bonds. The van der Waals surface area contributed by atoms with Crippen molar-refractivity contribution in [1.29, 1.82) is 0 Å². The van der Waals surface area contributed by atoms with Crippen molar-refractivity contribution in [2.45, 2.75) is 40.2 Å². The monoisotopic (exact) mass is 399 g/mol. The van der Waals surface area contributed by atoms with Crippen LogP contribution in [-0.2, 0) is 6.42 Å². The number of aliphatic imine (C=N–C) groups is 1. The highest BCUT2D eigenvalue weighted by atomic mass is 16.5. The van der Waals surface area contributed by atoms with Gasteiger partial charge >= 0.3 is 0 Å². The van der Waals surface area contributed by atoms with Crippen LogP contribution in [0.5, 0.6) is 17.2 Å². The molecule has 0 heterocycles. The maximum atomic E-state index is 9.58. The lowest BCUT2D eigenvalue weighted by atomic mass is 10.1. The van der Waals surface area contributed by atoms with Crippen LogP contribution in [0.15, 0.2) is 47.5 Å². The minimum atomic E-state index is 0.0449. The van der Waals surface area contributed by atoms with Crippen molar-refractivity contribution in [1.82, 2.24) is 10.6 Å². The molecular weight excluding hydrogens is 366 g/mol. The molecule has 0 aliphatic carbocycles. The molecule has 0 saturated carbocycles. The average molecular weight is 400 g/mol. The minimum absolute atomic E-state index is 0.0449. The van der Waals surface area contributed by atoms with Crippen LogP contribution in [0, 0.1) is 0 Å². The van der Waals surface area contributed by atoms with E-state index in [0.29, 0.717) is 19.8 Å². The quantitative estimate of drug-likeness (QED) is 0.415. The molecule has 1 atom stereocenters. The number of benzene rings is 2. The Morgan fingerprint density at radius 1 is 1.03 bits per heavy atom. The lowest BCUT2D eigenvalue weighted by Gasteiger charge is -2.20. The van der Waals surface area contributed by atoms with E-state index >= 15 is 0 Å². The van der Waals surface area contributed by atoms with Crippen molar-refractivity contribution in [2.75, 3.05) is 26.3 Å². The average Bonchev–Trinajstić information content (AvgIpc) is 2.70. The summed E-state index contributed by atoms with van der Waals surface area (Å²) >= 11 is 0. The molecule has 6 heteroatoms. The van der Waals surface area contributed by atoms with Gasteiger partial charge in [0.05, 0.1) is 19.3 Å². The van der Waals surface area contributed by atoms with Gasteiger partial charge in [0, 0.05) is 13.1 Å². The topological polar surface area (TPSA) is 75.1 Å². The van der Waals surface area contributed by atoms with Crippen LogP contribution in [0.4, 0.5) is 0 Å². The summed E-state index contributed by atoms with van der Waals surface area (Å²) in [4.78, 5) is 4.67. The molecule has 0 saturated heterocycles. The fourth-order valence-corrected chi connectivity index (χ4v) is 2.95. The first-order valence-corrected chi connectivity index (χ1v) is 10.3. The van der Waals surface area contributed by atoms with Crippen LogP contribution in [-0.4, -0.2) is 37.4 Å². The number of nitrogens with one attached hydrogen (secondary N) is 2. The number of rotatable bonds is 10. The molecule has 0 bridgehead atoms. The summed E-state index contributed by atoms with van der Waals surface area (Å²) in [6.07, 6.45) is 0.761. The first kappa shape index (κ1) is 22.4. The number of guanidine groups is 1. The van der Waals surface area contributed by atoms with E-state index in [1.165, 1.54) is 0 Å². The first-order valence-electron chi connectivity index (χ1n) is 10.3. The van der Waals surface area contributed by atoms with Gasteiger partial charge < -0.3 is 25.2 Å². The zero-order valence-corrected chi connectivity index (χ0v) is 17.9. The number of phenolic OH excluding ortho intramolecular Hbond substituents is 1. The molecule has 1 unspecified atom stereocenters. The van der Waals surface area contributed by atoms with Crippen LogP contribution in [0.25, 0.3) is 0 Å². The molecule has 0 fully saturated rings. The number of aromatic hydroxyl groups is 1. The molecule has 0 radical (unpaired) electrons. The normalized spacial score (nSPS) is 12.3. The van der Waals surface area contributed by atoms with Crippen LogP contribution < -0.4 is 20.1 Å². The zero-order chi connectivity index (χ0) is 21.1. The van der Waals surface area contributed by atoms with Crippen molar-refractivity contribution in [3.8, 4) is 17.2 Å². The van der Waals surface area contributed by atoms with E-state index in [1.54, 1.807) is 12.1 Å². The van der Waals surface area contributed by atoms with E-state index in [0.717, 1.165) is 41.6 Å². The van der Waals surface area contributed by atoms with Crippen LogP contribution in [0.1, 0.15) is 44.9 Å². The van der Waals surface area contributed by atoms with E-state index in [4.69, 9.17) is 9.47 Å². The van der Waals surface area contributed by atoms with Gasteiger partial charge in [0.2, 0.25) is 0 Å². The molecule has 3 N–H and O–H groups in total. The summed E-state index contributed by atoms with van der Waals surface area (Å²) in [5.74, 6) is 2.56. The number of hydrogen-bond donors (Lipinski definition) is 3. The van der Waals surface area contributed by atoms with Gasteiger partial charge in [-0.05, 0) is 69.5 Å². The smallest absolute Gasteiger partial charge is 0.191 e. The highest BCUT2D eigenvalue weighted by molar-refractivity contribution is 5.80. The number of hydrogen-bond acceptors (Lipinski definition) is 4. The molecule has 0 aliphatic rings. The van der Waals surface area contributed by atoms with Gasteiger partial charge in [0.15, 0.2) is 17.5 Å². The third kappa shape index (κ3) is 7.22. The molecule has 0 aromatic heterocycles. The van der Waals surface area contributed by atoms with E-state index < -0.39 is 0 Å². The summed E-state index contributed by atoms with van der Waals surface area (Å²) in [6.45, 7) is 10.6. The lowest BCUT2D eigenvalue weighted by molar-refractivity contribution is 0.287. The van der Waals surface area contributed by atoms with E-state index in [-0.39, 0.29) is 11.8 Å². The Hall–Kier alpha value is -2.89. The molecule has 2 aromatic carbocycles. The van der Waals surface area contributed by atoms with Crippen LogP contribution >= 0.6 is 0 Å². The SMILES string of the molecule is CCNC(=NCCc1cccc(O)c1)NC(C)c1ccc(OCC)c(OCC)c1. The highest BCUT2D eigenvalue weighted by Crippen LogP contribution is 2.30. The minimum Gasteiger partial charge on any atom is -0.508 e.